The average molecular weight is 393 g/mol. The number of rotatable bonds is 5. The molecule has 10 heteroatoms. The normalized spacial score (nSPS) is 11.2. The number of amides is 1. The molecule has 2 aromatic carbocycles. The van der Waals surface area contributed by atoms with Gasteiger partial charge in [0.25, 0.3) is 0 Å². The Bertz CT molecular complexity index is 905. The highest BCUT2D eigenvalue weighted by Crippen LogP contribution is 2.25. The number of carbonyl (C=O) groups excluding carboxylic acids is 1. The fourth-order valence-electron chi connectivity index (χ4n) is 1.95. The Morgan fingerprint density at radius 2 is 1.68 bits per heavy atom. The van der Waals surface area contributed by atoms with Gasteiger partial charge in [-0.1, -0.05) is 11.6 Å². The van der Waals surface area contributed by atoms with Crippen LogP contribution in [-0.2, 0) is 14.8 Å². The lowest BCUT2D eigenvalue weighted by molar-refractivity contribution is -0.114. The van der Waals surface area contributed by atoms with E-state index in [1.807, 2.05) is 0 Å². The molecule has 0 fully saturated rings. The van der Waals surface area contributed by atoms with Crippen molar-refractivity contribution >= 4 is 38.9 Å². The first-order valence-electron chi connectivity index (χ1n) is 6.76. The third-order valence-corrected chi connectivity index (χ3v) is 4.48. The average Bonchev–Trinajstić information content (AvgIpc) is 2.52. The molecule has 25 heavy (non-hydrogen) atoms. The van der Waals surface area contributed by atoms with E-state index in [1.54, 1.807) is 0 Å². The molecule has 5 nitrogen and oxygen atoms in total. The van der Waals surface area contributed by atoms with E-state index in [-0.39, 0.29) is 0 Å². The van der Waals surface area contributed by atoms with E-state index >= 15 is 0 Å². The molecule has 0 aliphatic heterocycles. The minimum Gasteiger partial charge on any atom is -0.325 e. The van der Waals surface area contributed by atoms with Gasteiger partial charge in [-0.15, -0.1) is 0 Å². The molecule has 2 aromatic rings. The van der Waals surface area contributed by atoms with Gasteiger partial charge in [0.1, 0.15) is 6.54 Å². The predicted molar refractivity (Wildman–Crippen MR) is 88.6 cm³/mol. The molecule has 134 valence electrons. The van der Waals surface area contributed by atoms with Gasteiger partial charge in [-0.2, -0.15) is 0 Å². The predicted octanol–water partition coefficient (Wildman–Crippen LogP) is 3.16. The summed E-state index contributed by atoms with van der Waals surface area (Å²) in [6.45, 7) is -0.830. The van der Waals surface area contributed by atoms with Gasteiger partial charge >= 0.3 is 0 Å². The first kappa shape index (κ1) is 19.1. The Morgan fingerprint density at radius 3 is 2.24 bits per heavy atom. The molecule has 0 spiro atoms. The van der Waals surface area contributed by atoms with Crippen molar-refractivity contribution in [3.8, 4) is 0 Å². The third-order valence-electron chi connectivity index (χ3n) is 3.10. The molecule has 0 atom stereocenters. The lowest BCUT2D eigenvalue weighted by Gasteiger charge is -2.22. The second-order valence-electron chi connectivity index (χ2n) is 5.02. The van der Waals surface area contributed by atoms with Crippen LogP contribution in [0.5, 0.6) is 0 Å². The quantitative estimate of drug-likeness (QED) is 0.795. The molecule has 0 unspecified atom stereocenters. The number of carbonyl (C=O) groups is 1. The Kier molecular flexibility index (Phi) is 5.58. The van der Waals surface area contributed by atoms with Gasteiger partial charge in [0.2, 0.25) is 15.9 Å². The lowest BCUT2D eigenvalue weighted by Crippen LogP contribution is -2.38. The molecule has 0 radical (unpaired) electrons. The van der Waals surface area contributed by atoms with Gasteiger partial charge in [0.15, 0.2) is 17.5 Å². The van der Waals surface area contributed by atoms with Crippen molar-refractivity contribution in [3.63, 3.8) is 0 Å². The van der Waals surface area contributed by atoms with Gasteiger partial charge in [-0.25, -0.2) is 21.6 Å². The molecule has 1 N–H and O–H groups in total. The summed E-state index contributed by atoms with van der Waals surface area (Å²) in [5.41, 5.74) is -0.443. The van der Waals surface area contributed by atoms with E-state index < -0.39 is 45.6 Å². The molecular formula is C15H12ClF3N2O3S. The maximum Gasteiger partial charge on any atom is 0.245 e. The topological polar surface area (TPSA) is 66.5 Å². The highest BCUT2D eigenvalue weighted by atomic mass is 35.5. The van der Waals surface area contributed by atoms with Crippen molar-refractivity contribution in [1.29, 1.82) is 0 Å². The van der Waals surface area contributed by atoms with E-state index in [1.165, 1.54) is 24.3 Å². The van der Waals surface area contributed by atoms with Gasteiger partial charge in [-0.05, 0) is 36.4 Å². The maximum absolute atomic E-state index is 13.9. The summed E-state index contributed by atoms with van der Waals surface area (Å²) in [6.07, 6.45) is 0.712. The van der Waals surface area contributed by atoms with Crippen LogP contribution in [0.4, 0.5) is 24.5 Å². The van der Waals surface area contributed by atoms with Crippen LogP contribution in [-0.4, -0.2) is 27.1 Å². The van der Waals surface area contributed by atoms with Crippen LogP contribution in [0.3, 0.4) is 0 Å². The first-order chi connectivity index (χ1) is 11.6. The molecule has 2 rings (SSSR count). The second kappa shape index (κ2) is 7.32. The monoisotopic (exact) mass is 392 g/mol. The van der Waals surface area contributed by atoms with Crippen molar-refractivity contribution in [2.24, 2.45) is 0 Å². The van der Waals surface area contributed by atoms with Crippen molar-refractivity contribution in [1.82, 2.24) is 0 Å². The van der Waals surface area contributed by atoms with Crippen LogP contribution in [0.15, 0.2) is 36.4 Å². The van der Waals surface area contributed by atoms with Crippen LogP contribution in [0.2, 0.25) is 5.02 Å². The van der Waals surface area contributed by atoms with Crippen LogP contribution >= 0.6 is 11.6 Å². The molecular weight excluding hydrogens is 381 g/mol. The number of benzene rings is 2. The molecule has 0 aliphatic carbocycles. The van der Waals surface area contributed by atoms with Crippen LogP contribution in [0.25, 0.3) is 0 Å². The maximum atomic E-state index is 13.9. The summed E-state index contributed by atoms with van der Waals surface area (Å²) < 4.78 is 64.4. The molecule has 0 aliphatic rings. The highest BCUT2D eigenvalue weighted by molar-refractivity contribution is 7.92. The minimum atomic E-state index is -4.14. The van der Waals surface area contributed by atoms with Gasteiger partial charge in [0, 0.05) is 10.7 Å². The van der Waals surface area contributed by atoms with Gasteiger partial charge in [0.05, 0.1) is 11.9 Å². The number of hydrogen-bond acceptors (Lipinski definition) is 3. The van der Waals surface area contributed by atoms with Crippen LogP contribution in [0.1, 0.15) is 0 Å². The number of nitrogens with zero attached hydrogens (tertiary/aromatic N) is 1. The Hall–Kier alpha value is -2.26. The number of anilines is 2. The molecule has 1 amide bonds. The first-order valence-corrected chi connectivity index (χ1v) is 8.99. The minimum absolute atomic E-state index is 0.327. The van der Waals surface area contributed by atoms with E-state index in [9.17, 15) is 26.4 Å². The zero-order valence-corrected chi connectivity index (χ0v) is 14.3. The standard InChI is InChI=1S/C15H12ClF3N2O3S/c1-25(23,24)21(12-7-6-11(17)14(18)15(12)19)8-13(22)20-10-4-2-9(16)3-5-10/h2-7H,8H2,1H3,(H,20,22). The molecule has 0 saturated carbocycles. The van der Waals surface area contributed by atoms with Crippen LogP contribution in [0, 0.1) is 17.5 Å². The number of nitrogens with one attached hydrogen (secondary N) is 1. The van der Waals surface area contributed by atoms with Crippen molar-refractivity contribution in [2.75, 3.05) is 22.4 Å². The summed E-state index contributed by atoms with van der Waals surface area (Å²) in [5, 5.41) is 2.82. The van der Waals surface area contributed by atoms with Crippen molar-refractivity contribution in [3.05, 3.63) is 58.9 Å². The second-order valence-corrected chi connectivity index (χ2v) is 7.36. The largest absolute Gasteiger partial charge is 0.325 e. The van der Waals surface area contributed by atoms with E-state index in [4.69, 9.17) is 11.6 Å². The molecule has 0 heterocycles. The molecule has 0 aromatic heterocycles. The van der Waals surface area contributed by atoms with E-state index in [0.29, 0.717) is 27.3 Å². The van der Waals surface area contributed by atoms with Gasteiger partial charge < -0.3 is 5.32 Å². The summed E-state index contributed by atoms with van der Waals surface area (Å²) >= 11 is 5.71. The van der Waals surface area contributed by atoms with E-state index in [0.717, 1.165) is 6.07 Å². The van der Waals surface area contributed by atoms with Crippen molar-refractivity contribution < 1.29 is 26.4 Å². The summed E-state index contributed by atoms with van der Waals surface area (Å²) in [5.74, 6) is -5.81. The third kappa shape index (κ3) is 4.64. The Balaban J connectivity index is 2.29. The fraction of sp³-hybridized carbons (Fsp3) is 0.133. The SMILES string of the molecule is CS(=O)(=O)N(CC(=O)Nc1ccc(Cl)cc1)c1ccc(F)c(F)c1F. The molecule has 0 bridgehead atoms. The number of sulfonamides is 1. The summed E-state index contributed by atoms with van der Waals surface area (Å²) in [7, 11) is -4.14. The smallest absolute Gasteiger partial charge is 0.245 e. The number of hydrogen-bond donors (Lipinski definition) is 1. The fourth-order valence-corrected chi connectivity index (χ4v) is 2.93. The zero-order chi connectivity index (χ0) is 18.8. The zero-order valence-electron chi connectivity index (χ0n) is 12.8. The van der Waals surface area contributed by atoms with Crippen molar-refractivity contribution in [2.45, 2.75) is 0 Å². The summed E-state index contributed by atoms with van der Waals surface area (Å²) in [4.78, 5) is 12.1. The Morgan fingerprint density at radius 1 is 1.08 bits per heavy atom. The van der Waals surface area contributed by atoms with E-state index in [2.05, 4.69) is 5.32 Å². The summed E-state index contributed by atoms with van der Waals surface area (Å²) in [6, 6.07) is 7.26. The lowest BCUT2D eigenvalue weighted by atomic mass is 10.2. The highest BCUT2D eigenvalue weighted by Gasteiger charge is 2.26. The Labute approximate surface area is 147 Å². The molecule has 0 saturated heterocycles. The number of halogens is 4. The van der Waals surface area contributed by atoms with Gasteiger partial charge in [-0.3, -0.25) is 9.10 Å². The van der Waals surface area contributed by atoms with Crippen LogP contribution < -0.4 is 9.62 Å².